The predicted octanol–water partition coefficient (Wildman–Crippen LogP) is 0.690. The SMILES string of the molecule is Cc1cc(C(=O)NOCC(N)=O)c2ccccc2n1. The summed E-state index contributed by atoms with van der Waals surface area (Å²) in [6.07, 6.45) is 0. The summed E-state index contributed by atoms with van der Waals surface area (Å²) in [5, 5.41) is 0.716. The Morgan fingerprint density at radius 3 is 2.84 bits per heavy atom. The first-order chi connectivity index (χ1) is 9.08. The summed E-state index contributed by atoms with van der Waals surface area (Å²) in [5.74, 6) is -1.10. The van der Waals surface area contributed by atoms with Crippen molar-refractivity contribution in [3.8, 4) is 0 Å². The number of nitrogens with two attached hydrogens (primary N) is 1. The molecule has 0 aliphatic heterocycles. The highest BCUT2D eigenvalue weighted by Crippen LogP contribution is 2.17. The van der Waals surface area contributed by atoms with Crippen LogP contribution in [0, 0.1) is 6.92 Å². The lowest BCUT2D eigenvalue weighted by atomic mass is 10.1. The second kappa shape index (κ2) is 5.45. The number of hydrogen-bond donors (Lipinski definition) is 2. The molecule has 19 heavy (non-hydrogen) atoms. The number of carbonyl (C=O) groups is 2. The number of carbonyl (C=O) groups excluding carboxylic acids is 2. The number of hydrogen-bond acceptors (Lipinski definition) is 4. The van der Waals surface area contributed by atoms with Crippen LogP contribution < -0.4 is 11.2 Å². The Bertz CT molecular complexity index is 640. The molecule has 6 heteroatoms. The van der Waals surface area contributed by atoms with Gasteiger partial charge in [0, 0.05) is 11.1 Å². The second-order valence-corrected chi connectivity index (χ2v) is 4.01. The lowest BCUT2D eigenvalue weighted by Crippen LogP contribution is -2.29. The van der Waals surface area contributed by atoms with Crippen molar-refractivity contribution in [2.75, 3.05) is 6.61 Å². The fourth-order valence-electron chi connectivity index (χ4n) is 1.72. The number of aryl methyl sites for hydroxylation is 1. The van der Waals surface area contributed by atoms with Crippen LogP contribution in [0.2, 0.25) is 0 Å². The van der Waals surface area contributed by atoms with Gasteiger partial charge in [-0.15, -0.1) is 0 Å². The molecular weight excluding hydrogens is 246 g/mol. The van der Waals surface area contributed by atoms with E-state index in [1.54, 1.807) is 19.1 Å². The number of primary amides is 1. The van der Waals surface area contributed by atoms with Crippen molar-refractivity contribution < 1.29 is 14.4 Å². The van der Waals surface area contributed by atoms with Gasteiger partial charge in [0.2, 0.25) is 5.91 Å². The fourth-order valence-corrected chi connectivity index (χ4v) is 1.72. The number of amides is 2. The Kier molecular flexibility index (Phi) is 3.72. The lowest BCUT2D eigenvalue weighted by molar-refractivity contribution is -0.124. The molecule has 2 amide bonds. The number of pyridine rings is 1. The van der Waals surface area contributed by atoms with Crippen LogP contribution in [-0.4, -0.2) is 23.4 Å². The summed E-state index contributed by atoms with van der Waals surface area (Å²) in [5.41, 5.74) is 8.97. The monoisotopic (exact) mass is 259 g/mol. The summed E-state index contributed by atoms with van der Waals surface area (Å²) in [4.78, 5) is 31.5. The standard InChI is InChI=1S/C13H13N3O3/c1-8-6-10(13(18)16-19-7-12(14)17)9-4-2-3-5-11(9)15-8/h2-6H,7H2,1H3,(H2,14,17)(H,16,18). The minimum atomic E-state index is -0.656. The molecule has 0 unspecified atom stereocenters. The van der Waals surface area contributed by atoms with Crippen LogP contribution in [0.4, 0.5) is 0 Å². The molecule has 2 rings (SSSR count). The molecule has 0 atom stereocenters. The van der Waals surface area contributed by atoms with Crippen molar-refractivity contribution in [3.05, 3.63) is 41.6 Å². The third-order valence-electron chi connectivity index (χ3n) is 2.47. The van der Waals surface area contributed by atoms with E-state index < -0.39 is 11.8 Å². The first kappa shape index (κ1) is 13.0. The van der Waals surface area contributed by atoms with E-state index in [1.165, 1.54) is 0 Å². The highest BCUT2D eigenvalue weighted by atomic mass is 16.7. The van der Waals surface area contributed by atoms with Gasteiger partial charge in [0.1, 0.15) is 0 Å². The molecule has 1 aromatic heterocycles. The minimum absolute atomic E-state index is 0.367. The molecule has 98 valence electrons. The van der Waals surface area contributed by atoms with Crippen LogP contribution in [0.15, 0.2) is 30.3 Å². The van der Waals surface area contributed by atoms with Gasteiger partial charge in [-0.25, -0.2) is 5.48 Å². The summed E-state index contributed by atoms with van der Waals surface area (Å²) in [6, 6.07) is 8.94. The third kappa shape index (κ3) is 3.05. The van der Waals surface area contributed by atoms with Gasteiger partial charge in [0.05, 0.1) is 11.1 Å². The molecule has 2 aromatic rings. The summed E-state index contributed by atoms with van der Waals surface area (Å²) in [7, 11) is 0. The van der Waals surface area contributed by atoms with E-state index in [9.17, 15) is 9.59 Å². The molecule has 0 saturated heterocycles. The Hall–Kier alpha value is -2.47. The van der Waals surface area contributed by atoms with Gasteiger partial charge in [-0.3, -0.25) is 19.4 Å². The van der Waals surface area contributed by atoms with Crippen LogP contribution in [-0.2, 0) is 9.63 Å². The first-order valence-electron chi connectivity index (χ1n) is 5.65. The van der Waals surface area contributed by atoms with Crippen LogP contribution in [0.25, 0.3) is 10.9 Å². The summed E-state index contributed by atoms with van der Waals surface area (Å²) >= 11 is 0. The van der Waals surface area contributed by atoms with E-state index in [4.69, 9.17) is 10.6 Å². The van der Waals surface area contributed by atoms with Crippen LogP contribution in [0.5, 0.6) is 0 Å². The van der Waals surface area contributed by atoms with Gasteiger partial charge in [0.15, 0.2) is 6.61 Å². The molecule has 3 N–H and O–H groups in total. The van der Waals surface area contributed by atoms with Gasteiger partial charge < -0.3 is 5.73 Å². The Labute approximate surface area is 109 Å². The van der Waals surface area contributed by atoms with Gasteiger partial charge in [-0.2, -0.15) is 0 Å². The number of aromatic nitrogens is 1. The number of rotatable bonds is 4. The molecule has 0 spiro atoms. The molecule has 0 radical (unpaired) electrons. The quantitative estimate of drug-likeness (QED) is 0.790. The smallest absolute Gasteiger partial charge is 0.275 e. The zero-order valence-corrected chi connectivity index (χ0v) is 10.3. The van der Waals surface area contributed by atoms with Crippen molar-refractivity contribution in [2.24, 2.45) is 5.73 Å². The number of hydroxylamine groups is 1. The molecular formula is C13H13N3O3. The van der Waals surface area contributed by atoms with Crippen LogP contribution in [0.1, 0.15) is 16.1 Å². The van der Waals surface area contributed by atoms with Gasteiger partial charge >= 0.3 is 0 Å². The average molecular weight is 259 g/mol. The van der Waals surface area contributed by atoms with Crippen molar-refractivity contribution in [2.45, 2.75) is 6.92 Å². The highest BCUT2D eigenvalue weighted by molar-refractivity contribution is 6.05. The van der Waals surface area contributed by atoms with Crippen molar-refractivity contribution in [3.63, 3.8) is 0 Å². The fraction of sp³-hybridized carbons (Fsp3) is 0.154. The zero-order valence-electron chi connectivity index (χ0n) is 10.3. The average Bonchev–Trinajstić information content (AvgIpc) is 2.37. The number of nitrogens with one attached hydrogen (secondary N) is 1. The lowest BCUT2D eigenvalue weighted by Gasteiger charge is -2.08. The molecule has 1 aromatic carbocycles. The van der Waals surface area contributed by atoms with Gasteiger partial charge in [-0.05, 0) is 19.1 Å². The summed E-state index contributed by atoms with van der Waals surface area (Å²) in [6.45, 7) is 1.43. The van der Waals surface area contributed by atoms with Crippen LogP contribution >= 0.6 is 0 Å². The van der Waals surface area contributed by atoms with Crippen molar-refractivity contribution in [1.82, 2.24) is 10.5 Å². The van der Waals surface area contributed by atoms with Crippen molar-refractivity contribution >= 4 is 22.7 Å². The molecule has 0 aliphatic rings. The largest absolute Gasteiger partial charge is 0.368 e. The molecule has 0 aliphatic carbocycles. The van der Waals surface area contributed by atoms with Crippen LogP contribution in [0.3, 0.4) is 0 Å². The maximum atomic E-state index is 12.0. The number of nitrogens with zero attached hydrogens (tertiary/aromatic N) is 1. The molecule has 0 bridgehead atoms. The maximum Gasteiger partial charge on any atom is 0.275 e. The van der Waals surface area contributed by atoms with Gasteiger partial charge in [-0.1, -0.05) is 18.2 Å². The zero-order chi connectivity index (χ0) is 13.8. The predicted molar refractivity (Wildman–Crippen MR) is 69.1 cm³/mol. The Balaban J connectivity index is 2.28. The third-order valence-corrected chi connectivity index (χ3v) is 2.47. The van der Waals surface area contributed by atoms with E-state index in [2.05, 4.69) is 10.5 Å². The second-order valence-electron chi connectivity index (χ2n) is 4.01. The minimum Gasteiger partial charge on any atom is -0.368 e. The topological polar surface area (TPSA) is 94.3 Å². The molecule has 0 saturated carbocycles. The number of benzene rings is 1. The normalized spacial score (nSPS) is 10.4. The number of fused-ring (bicyclic) bond motifs is 1. The van der Waals surface area contributed by atoms with E-state index >= 15 is 0 Å². The molecule has 0 fully saturated rings. The molecule has 1 heterocycles. The highest BCUT2D eigenvalue weighted by Gasteiger charge is 2.12. The Morgan fingerprint density at radius 1 is 1.37 bits per heavy atom. The Morgan fingerprint density at radius 2 is 2.11 bits per heavy atom. The number of para-hydroxylation sites is 1. The van der Waals surface area contributed by atoms with Gasteiger partial charge in [0.25, 0.3) is 5.91 Å². The van der Waals surface area contributed by atoms with E-state index in [1.807, 2.05) is 18.2 Å². The maximum absolute atomic E-state index is 12.0. The van der Waals surface area contributed by atoms with Crippen molar-refractivity contribution in [1.29, 1.82) is 0 Å². The molecule has 6 nitrogen and oxygen atoms in total. The van der Waals surface area contributed by atoms with E-state index in [0.29, 0.717) is 10.9 Å². The van der Waals surface area contributed by atoms with E-state index in [-0.39, 0.29) is 6.61 Å². The first-order valence-corrected chi connectivity index (χ1v) is 5.65. The summed E-state index contributed by atoms with van der Waals surface area (Å²) < 4.78 is 0. The van der Waals surface area contributed by atoms with E-state index in [0.717, 1.165) is 11.2 Å².